The second-order valence-corrected chi connectivity index (χ2v) is 7.93. The smallest absolute Gasteiger partial charge is 0.410 e. The van der Waals surface area contributed by atoms with Crippen molar-refractivity contribution in [2.75, 3.05) is 19.6 Å². The predicted octanol–water partition coefficient (Wildman–Crippen LogP) is 1.30. The van der Waals surface area contributed by atoms with Gasteiger partial charge in [0.05, 0.1) is 18.2 Å². The first-order chi connectivity index (χ1) is 12.7. The number of nitrogens with one attached hydrogen (secondary N) is 2. The molecule has 3 atom stereocenters. The Hall–Kier alpha value is -2.12. The maximum atomic E-state index is 12.6. The lowest BCUT2D eigenvalue weighted by atomic mass is 9.94. The second kappa shape index (κ2) is 9.19. The topological polar surface area (TPSA) is 90.9 Å². The number of amides is 2. The minimum atomic E-state index is -0.936. The Morgan fingerprint density at radius 2 is 2.00 bits per heavy atom. The van der Waals surface area contributed by atoms with Gasteiger partial charge in [0.15, 0.2) is 0 Å². The molecular weight excluding hydrogens is 346 g/mol. The highest BCUT2D eigenvalue weighted by atomic mass is 16.6. The monoisotopic (exact) mass is 377 g/mol. The number of nitrogens with zero attached hydrogens (tertiary/aromatic N) is 1. The zero-order chi connectivity index (χ0) is 20.0. The van der Waals surface area contributed by atoms with Crippen LogP contribution in [0.1, 0.15) is 33.3 Å². The molecule has 0 aliphatic carbocycles. The van der Waals surface area contributed by atoms with Crippen molar-refractivity contribution >= 4 is 12.0 Å². The van der Waals surface area contributed by atoms with Gasteiger partial charge >= 0.3 is 6.09 Å². The summed E-state index contributed by atoms with van der Waals surface area (Å²) in [7, 11) is 0. The van der Waals surface area contributed by atoms with Crippen LogP contribution in [-0.4, -0.2) is 65.4 Å². The molecule has 1 saturated heterocycles. The van der Waals surface area contributed by atoms with Gasteiger partial charge in [-0.05, 0) is 32.8 Å². The number of hydrogen-bond acceptors (Lipinski definition) is 5. The summed E-state index contributed by atoms with van der Waals surface area (Å²) < 4.78 is 5.50. The number of carbonyl (C=O) groups is 2. The van der Waals surface area contributed by atoms with Crippen molar-refractivity contribution in [1.82, 2.24) is 15.5 Å². The Bertz CT molecular complexity index is 630. The van der Waals surface area contributed by atoms with Gasteiger partial charge in [-0.1, -0.05) is 30.3 Å². The van der Waals surface area contributed by atoms with Crippen LogP contribution in [0.2, 0.25) is 0 Å². The van der Waals surface area contributed by atoms with Gasteiger partial charge in [0.25, 0.3) is 0 Å². The Labute approximate surface area is 161 Å². The number of aliphatic hydroxyl groups is 1. The Kier molecular flexibility index (Phi) is 7.21. The standard InChI is InChI=1S/C20H31N3O4/c1-14(24)22-16(12-15-8-6-5-7-9-15)18(25)17-13-21-10-11-23(17)19(26)27-20(2,3)4/h5-9,16-18,21,25H,10-13H2,1-4H3,(H,22,24)/t16-,17-,18-/m1/s1. The van der Waals surface area contributed by atoms with Crippen molar-refractivity contribution < 1.29 is 19.4 Å². The summed E-state index contributed by atoms with van der Waals surface area (Å²) in [6.45, 7) is 8.37. The minimum absolute atomic E-state index is 0.220. The van der Waals surface area contributed by atoms with Crippen molar-refractivity contribution in [2.24, 2.45) is 0 Å². The van der Waals surface area contributed by atoms with Gasteiger partial charge in [-0.3, -0.25) is 9.69 Å². The number of benzene rings is 1. The highest BCUT2D eigenvalue weighted by molar-refractivity contribution is 5.73. The zero-order valence-corrected chi connectivity index (χ0v) is 16.6. The Balaban J connectivity index is 2.18. The third-order valence-corrected chi connectivity index (χ3v) is 4.40. The molecule has 27 heavy (non-hydrogen) atoms. The normalized spacial score (nSPS) is 19.9. The summed E-state index contributed by atoms with van der Waals surface area (Å²) in [4.78, 5) is 25.9. The second-order valence-electron chi connectivity index (χ2n) is 7.93. The maximum Gasteiger partial charge on any atom is 0.410 e. The molecule has 7 nitrogen and oxygen atoms in total. The summed E-state index contributed by atoms with van der Waals surface area (Å²) in [6, 6.07) is 8.65. The maximum absolute atomic E-state index is 12.6. The molecular formula is C20H31N3O4. The molecule has 1 heterocycles. The molecule has 0 spiro atoms. The Morgan fingerprint density at radius 3 is 2.59 bits per heavy atom. The van der Waals surface area contributed by atoms with Crippen LogP contribution < -0.4 is 10.6 Å². The van der Waals surface area contributed by atoms with E-state index in [4.69, 9.17) is 4.74 Å². The van der Waals surface area contributed by atoms with Crippen LogP contribution >= 0.6 is 0 Å². The number of aliphatic hydroxyl groups excluding tert-OH is 1. The molecule has 1 aromatic rings. The molecule has 150 valence electrons. The predicted molar refractivity (Wildman–Crippen MR) is 103 cm³/mol. The molecule has 1 aliphatic rings. The van der Waals surface area contributed by atoms with E-state index in [-0.39, 0.29) is 5.91 Å². The summed E-state index contributed by atoms with van der Waals surface area (Å²) >= 11 is 0. The van der Waals surface area contributed by atoms with Crippen molar-refractivity contribution in [3.05, 3.63) is 35.9 Å². The van der Waals surface area contributed by atoms with Crippen LogP contribution in [-0.2, 0) is 16.0 Å². The van der Waals surface area contributed by atoms with E-state index in [1.807, 2.05) is 51.1 Å². The van der Waals surface area contributed by atoms with Crippen LogP contribution in [0.5, 0.6) is 0 Å². The molecule has 7 heteroatoms. The summed E-state index contributed by atoms with van der Waals surface area (Å²) in [5.74, 6) is -0.220. The quantitative estimate of drug-likeness (QED) is 0.720. The zero-order valence-electron chi connectivity index (χ0n) is 16.6. The van der Waals surface area contributed by atoms with E-state index in [9.17, 15) is 14.7 Å². The number of rotatable bonds is 5. The van der Waals surface area contributed by atoms with Gasteiger partial charge in [-0.15, -0.1) is 0 Å². The highest BCUT2D eigenvalue weighted by Crippen LogP contribution is 2.18. The van der Waals surface area contributed by atoms with Crippen molar-refractivity contribution in [2.45, 2.75) is 57.9 Å². The van der Waals surface area contributed by atoms with E-state index >= 15 is 0 Å². The summed E-state index contributed by atoms with van der Waals surface area (Å²) in [5.41, 5.74) is 0.390. The van der Waals surface area contributed by atoms with Gasteiger partial charge in [-0.25, -0.2) is 4.79 Å². The van der Waals surface area contributed by atoms with Crippen LogP contribution in [0.15, 0.2) is 30.3 Å². The molecule has 2 rings (SSSR count). The number of ether oxygens (including phenoxy) is 1. The lowest BCUT2D eigenvalue weighted by Gasteiger charge is -2.41. The van der Waals surface area contributed by atoms with E-state index < -0.39 is 29.9 Å². The molecule has 0 aromatic heterocycles. The van der Waals surface area contributed by atoms with Crippen LogP contribution in [0, 0.1) is 0 Å². The lowest BCUT2D eigenvalue weighted by molar-refractivity contribution is -0.121. The fourth-order valence-corrected chi connectivity index (χ4v) is 3.23. The van der Waals surface area contributed by atoms with E-state index in [0.29, 0.717) is 26.1 Å². The van der Waals surface area contributed by atoms with Gasteiger partial charge in [-0.2, -0.15) is 0 Å². The van der Waals surface area contributed by atoms with Gasteiger partial charge < -0.3 is 20.5 Å². The molecule has 0 bridgehead atoms. The lowest BCUT2D eigenvalue weighted by Crippen LogP contribution is -2.63. The highest BCUT2D eigenvalue weighted by Gasteiger charge is 2.38. The summed E-state index contributed by atoms with van der Waals surface area (Å²) in [6.07, 6.45) is -0.913. The van der Waals surface area contributed by atoms with E-state index in [1.165, 1.54) is 6.92 Å². The minimum Gasteiger partial charge on any atom is -0.444 e. The number of hydrogen-bond donors (Lipinski definition) is 3. The van der Waals surface area contributed by atoms with Gasteiger partial charge in [0.2, 0.25) is 5.91 Å². The molecule has 0 radical (unpaired) electrons. The van der Waals surface area contributed by atoms with Crippen LogP contribution in [0.4, 0.5) is 4.79 Å². The molecule has 2 amide bonds. The fraction of sp³-hybridized carbons (Fsp3) is 0.600. The molecule has 1 aliphatic heterocycles. The van der Waals surface area contributed by atoms with Crippen molar-refractivity contribution in [3.8, 4) is 0 Å². The van der Waals surface area contributed by atoms with Gasteiger partial charge in [0.1, 0.15) is 5.60 Å². The number of carbonyl (C=O) groups excluding carboxylic acids is 2. The molecule has 3 N–H and O–H groups in total. The first-order valence-corrected chi connectivity index (χ1v) is 9.37. The van der Waals surface area contributed by atoms with Gasteiger partial charge in [0, 0.05) is 26.6 Å². The summed E-state index contributed by atoms with van der Waals surface area (Å²) in [5, 5.41) is 17.1. The van der Waals surface area contributed by atoms with Crippen molar-refractivity contribution in [1.29, 1.82) is 0 Å². The first kappa shape index (κ1) is 21.2. The molecule has 1 aromatic carbocycles. The average molecular weight is 377 g/mol. The fourth-order valence-electron chi connectivity index (χ4n) is 3.23. The van der Waals surface area contributed by atoms with Crippen LogP contribution in [0.25, 0.3) is 0 Å². The third-order valence-electron chi connectivity index (χ3n) is 4.40. The van der Waals surface area contributed by atoms with E-state index in [1.54, 1.807) is 4.90 Å². The van der Waals surface area contributed by atoms with Crippen LogP contribution in [0.3, 0.4) is 0 Å². The molecule has 0 unspecified atom stereocenters. The first-order valence-electron chi connectivity index (χ1n) is 9.37. The molecule has 0 saturated carbocycles. The van der Waals surface area contributed by atoms with E-state index in [0.717, 1.165) is 5.56 Å². The Morgan fingerprint density at radius 1 is 1.33 bits per heavy atom. The van der Waals surface area contributed by atoms with Crippen molar-refractivity contribution in [3.63, 3.8) is 0 Å². The SMILES string of the molecule is CC(=O)N[C@H](Cc1ccccc1)[C@@H](O)[C@H]1CNCCN1C(=O)OC(C)(C)C. The van der Waals surface area contributed by atoms with E-state index in [2.05, 4.69) is 10.6 Å². The average Bonchev–Trinajstić information content (AvgIpc) is 2.59. The third kappa shape index (κ3) is 6.52. The largest absolute Gasteiger partial charge is 0.444 e. The number of piperazine rings is 1. The molecule has 1 fully saturated rings.